The average Bonchev–Trinajstić information content (AvgIpc) is 3.60. The molecule has 8 aromatic carbocycles. The first-order valence-corrected chi connectivity index (χ1v) is 17.7. The van der Waals surface area contributed by atoms with Crippen LogP contribution in [0.25, 0.3) is 54.8 Å². The van der Waals surface area contributed by atoms with Crippen LogP contribution < -0.4 is 10.2 Å². The fourth-order valence-corrected chi connectivity index (χ4v) is 8.20. The normalized spacial score (nSPS) is 14.6. The van der Waals surface area contributed by atoms with Crippen LogP contribution in [0, 0.1) is 0 Å². The van der Waals surface area contributed by atoms with Gasteiger partial charge in [0.15, 0.2) is 5.76 Å². The van der Waals surface area contributed by atoms with Crippen LogP contribution in [0.2, 0.25) is 0 Å². The van der Waals surface area contributed by atoms with E-state index >= 15 is 0 Å². The first kappa shape index (κ1) is 28.9. The molecule has 1 aromatic heterocycles. The minimum atomic E-state index is -0.337. The SMILES string of the molecule is c1ccc(-c2ccc3c4c(cccc24)-c2ccc(C4N=C(c5ccc6ccccc6c5)c5oc6ccccc6c5N4)cc2N3c2ccccc2)cc1. The Morgan fingerprint density at radius 2 is 1.27 bits per heavy atom. The Hall–Kier alpha value is -6.91. The minimum absolute atomic E-state index is 0.337. The third kappa shape index (κ3) is 4.38. The van der Waals surface area contributed by atoms with Crippen molar-refractivity contribution in [3.05, 3.63) is 193 Å². The second-order valence-corrected chi connectivity index (χ2v) is 13.6. The van der Waals surface area contributed by atoms with E-state index in [9.17, 15) is 0 Å². The Morgan fingerprint density at radius 3 is 2.15 bits per heavy atom. The lowest BCUT2D eigenvalue weighted by molar-refractivity contribution is 0.599. The number of rotatable bonds is 4. The highest BCUT2D eigenvalue weighted by molar-refractivity contribution is 6.20. The van der Waals surface area contributed by atoms with E-state index in [-0.39, 0.29) is 6.17 Å². The zero-order valence-corrected chi connectivity index (χ0v) is 28.1. The molecule has 2 aliphatic heterocycles. The third-order valence-electron chi connectivity index (χ3n) is 10.6. The van der Waals surface area contributed by atoms with E-state index in [1.807, 2.05) is 12.1 Å². The summed E-state index contributed by atoms with van der Waals surface area (Å²) in [6.45, 7) is 0. The summed E-state index contributed by atoms with van der Waals surface area (Å²) < 4.78 is 6.53. The van der Waals surface area contributed by atoms with Crippen molar-refractivity contribution in [2.45, 2.75) is 6.17 Å². The summed E-state index contributed by atoms with van der Waals surface area (Å²) in [5.41, 5.74) is 13.1. The van der Waals surface area contributed by atoms with Crippen molar-refractivity contribution >= 4 is 61.0 Å². The quantitative estimate of drug-likeness (QED) is 0.203. The number of para-hydroxylation sites is 2. The van der Waals surface area contributed by atoms with Gasteiger partial charge in [-0.15, -0.1) is 0 Å². The fraction of sp³-hybridized carbons (Fsp3) is 0.0208. The molecule has 0 saturated heterocycles. The van der Waals surface area contributed by atoms with Crippen LogP contribution in [0.4, 0.5) is 22.7 Å². The second-order valence-electron chi connectivity index (χ2n) is 13.6. The zero-order valence-electron chi connectivity index (χ0n) is 28.1. The predicted molar refractivity (Wildman–Crippen MR) is 215 cm³/mol. The van der Waals surface area contributed by atoms with E-state index in [1.165, 1.54) is 49.5 Å². The molecule has 3 heterocycles. The van der Waals surface area contributed by atoms with Gasteiger partial charge in [0.25, 0.3) is 0 Å². The first-order valence-electron chi connectivity index (χ1n) is 17.7. The van der Waals surface area contributed by atoms with Crippen molar-refractivity contribution in [1.82, 2.24) is 0 Å². The first-order chi connectivity index (χ1) is 25.8. The minimum Gasteiger partial charge on any atom is -0.452 e. The molecule has 0 amide bonds. The topological polar surface area (TPSA) is 40.8 Å². The third-order valence-corrected chi connectivity index (χ3v) is 10.6. The number of hydrogen-bond acceptors (Lipinski definition) is 4. The largest absolute Gasteiger partial charge is 0.452 e. The van der Waals surface area contributed by atoms with E-state index in [0.29, 0.717) is 0 Å². The molecule has 0 bridgehead atoms. The molecular formula is C48H31N3O. The Labute approximate surface area is 300 Å². The molecule has 4 heteroatoms. The van der Waals surface area contributed by atoms with Crippen LogP contribution >= 0.6 is 0 Å². The van der Waals surface area contributed by atoms with Crippen molar-refractivity contribution in [3.63, 3.8) is 0 Å². The number of aliphatic imine (C=N–C) groups is 1. The van der Waals surface area contributed by atoms with Crippen molar-refractivity contribution < 1.29 is 4.42 Å². The molecule has 4 nitrogen and oxygen atoms in total. The fourth-order valence-electron chi connectivity index (χ4n) is 8.20. The number of nitrogens with zero attached hydrogens (tertiary/aromatic N) is 2. The van der Waals surface area contributed by atoms with Crippen LogP contribution in [-0.4, -0.2) is 5.71 Å². The molecule has 244 valence electrons. The molecule has 1 N–H and O–H groups in total. The van der Waals surface area contributed by atoms with Gasteiger partial charge in [0.1, 0.15) is 17.5 Å². The van der Waals surface area contributed by atoms with Crippen LogP contribution in [0.15, 0.2) is 185 Å². The molecule has 0 spiro atoms. The van der Waals surface area contributed by atoms with Crippen molar-refractivity contribution in [1.29, 1.82) is 0 Å². The Bertz CT molecular complexity index is 2890. The summed E-state index contributed by atoms with van der Waals surface area (Å²) in [5.74, 6) is 0.770. The maximum atomic E-state index is 6.53. The number of nitrogens with one attached hydrogen (secondary N) is 1. The van der Waals surface area contributed by atoms with E-state index in [0.717, 1.165) is 50.6 Å². The Kier molecular flexibility index (Phi) is 6.28. The van der Waals surface area contributed by atoms with Crippen molar-refractivity contribution in [2.75, 3.05) is 10.2 Å². The maximum Gasteiger partial charge on any atom is 0.177 e. The van der Waals surface area contributed by atoms with Gasteiger partial charge in [-0.3, -0.25) is 4.99 Å². The summed E-state index contributed by atoms with van der Waals surface area (Å²) in [6.07, 6.45) is -0.337. The molecule has 1 atom stereocenters. The van der Waals surface area contributed by atoms with E-state index in [1.54, 1.807) is 0 Å². The van der Waals surface area contributed by atoms with Crippen molar-refractivity contribution in [2.24, 2.45) is 4.99 Å². The van der Waals surface area contributed by atoms with Gasteiger partial charge in [-0.05, 0) is 80.9 Å². The van der Waals surface area contributed by atoms with Gasteiger partial charge in [0.05, 0.1) is 17.1 Å². The number of anilines is 4. The highest BCUT2D eigenvalue weighted by Crippen LogP contribution is 2.53. The Morgan fingerprint density at radius 1 is 0.519 bits per heavy atom. The molecule has 9 aromatic rings. The van der Waals surface area contributed by atoms with E-state index < -0.39 is 0 Å². The zero-order chi connectivity index (χ0) is 34.2. The molecular weight excluding hydrogens is 635 g/mol. The number of furan rings is 1. The number of hydrogen-bond donors (Lipinski definition) is 1. The molecule has 0 radical (unpaired) electrons. The summed E-state index contributed by atoms with van der Waals surface area (Å²) in [7, 11) is 0. The van der Waals surface area contributed by atoms with Crippen LogP contribution in [0.1, 0.15) is 23.1 Å². The summed E-state index contributed by atoms with van der Waals surface area (Å²) in [4.78, 5) is 7.85. The monoisotopic (exact) mass is 665 g/mol. The lowest BCUT2D eigenvalue weighted by atomic mass is 9.87. The maximum absolute atomic E-state index is 6.53. The van der Waals surface area contributed by atoms with Gasteiger partial charge in [-0.1, -0.05) is 133 Å². The lowest BCUT2D eigenvalue weighted by Crippen LogP contribution is -2.21. The van der Waals surface area contributed by atoms with Gasteiger partial charge in [0.2, 0.25) is 0 Å². The van der Waals surface area contributed by atoms with Gasteiger partial charge >= 0.3 is 0 Å². The highest BCUT2D eigenvalue weighted by Gasteiger charge is 2.31. The summed E-state index contributed by atoms with van der Waals surface area (Å²) >= 11 is 0. The molecule has 0 fully saturated rings. The molecule has 1 unspecified atom stereocenters. The van der Waals surface area contributed by atoms with Crippen LogP contribution in [-0.2, 0) is 0 Å². The van der Waals surface area contributed by atoms with E-state index in [2.05, 4.69) is 174 Å². The molecule has 0 saturated carbocycles. The molecule has 52 heavy (non-hydrogen) atoms. The predicted octanol–water partition coefficient (Wildman–Crippen LogP) is 12.8. The Balaban J connectivity index is 1.12. The second kappa shape index (κ2) is 11.3. The lowest BCUT2D eigenvalue weighted by Gasteiger charge is -2.35. The van der Waals surface area contributed by atoms with Gasteiger partial charge < -0.3 is 14.6 Å². The number of fused-ring (bicyclic) bond motifs is 6. The molecule has 11 rings (SSSR count). The molecule has 2 aliphatic rings. The number of benzene rings is 8. The van der Waals surface area contributed by atoms with E-state index in [4.69, 9.17) is 9.41 Å². The summed E-state index contributed by atoms with van der Waals surface area (Å²) in [5, 5.41) is 9.72. The highest BCUT2D eigenvalue weighted by atomic mass is 16.3. The van der Waals surface area contributed by atoms with Crippen LogP contribution in [0.3, 0.4) is 0 Å². The van der Waals surface area contributed by atoms with Crippen molar-refractivity contribution in [3.8, 4) is 22.3 Å². The standard InChI is InChI=1S/C48H31N3O/c1-3-13-31(14-4-1)36-26-27-41-44-38(36)19-11-20-39(44)37-25-24-34(29-42(37)51(41)35-16-5-2-6-17-35)48-49-45(33-23-22-30-12-7-8-15-32(30)28-33)47-46(50-48)40-18-9-10-21-43(40)52-47/h1-29,48,50H. The average molecular weight is 666 g/mol. The molecule has 0 aliphatic carbocycles. The van der Waals surface area contributed by atoms with Gasteiger partial charge in [0, 0.05) is 27.6 Å². The van der Waals surface area contributed by atoms with Gasteiger partial charge in [-0.2, -0.15) is 0 Å². The van der Waals surface area contributed by atoms with Gasteiger partial charge in [-0.25, -0.2) is 0 Å². The van der Waals surface area contributed by atoms with Crippen LogP contribution in [0.5, 0.6) is 0 Å². The summed E-state index contributed by atoms with van der Waals surface area (Å²) in [6, 6.07) is 62.7. The smallest absolute Gasteiger partial charge is 0.177 e.